The van der Waals surface area contributed by atoms with Crippen LogP contribution >= 0.6 is 0 Å². The van der Waals surface area contributed by atoms with Crippen LogP contribution in [0.15, 0.2) is 12.7 Å². The Morgan fingerprint density at radius 2 is 2.23 bits per heavy atom. The van der Waals surface area contributed by atoms with Crippen molar-refractivity contribution in [1.82, 2.24) is 5.32 Å². The molecule has 76 valence electrons. The van der Waals surface area contributed by atoms with Crippen molar-refractivity contribution >= 4 is 0 Å². The molecule has 3 heteroatoms. The predicted octanol–water partition coefficient (Wildman–Crippen LogP) is 0.958. The molecule has 0 spiro atoms. The van der Waals surface area contributed by atoms with Crippen LogP contribution in [-0.2, 0) is 9.47 Å². The zero-order valence-corrected chi connectivity index (χ0v) is 8.13. The lowest BCUT2D eigenvalue weighted by Gasteiger charge is -2.22. The quantitative estimate of drug-likeness (QED) is 0.494. The maximum Gasteiger partial charge on any atom is 0.0619 e. The summed E-state index contributed by atoms with van der Waals surface area (Å²) >= 11 is 0. The summed E-state index contributed by atoms with van der Waals surface area (Å²) in [5, 5.41) is 3.20. The Hall–Kier alpha value is -0.380. The molecule has 0 aromatic heterocycles. The molecule has 3 nitrogen and oxygen atoms in total. The number of ether oxygens (including phenoxy) is 2. The Morgan fingerprint density at radius 3 is 2.92 bits per heavy atom. The van der Waals surface area contributed by atoms with Crippen molar-refractivity contribution in [3.8, 4) is 0 Å². The highest BCUT2D eigenvalue weighted by molar-refractivity contribution is 4.69. The zero-order valence-electron chi connectivity index (χ0n) is 8.13. The normalized spacial score (nSPS) is 18.8. The van der Waals surface area contributed by atoms with E-state index in [2.05, 4.69) is 11.9 Å². The van der Waals surface area contributed by atoms with E-state index in [4.69, 9.17) is 9.47 Å². The van der Waals surface area contributed by atoms with Crippen molar-refractivity contribution < 1.29 is 9.47 Å². The van der Waals surface area contributed by atoms with E-state index in [0.29, 0.717) is 6.10 Å². The summed E-state index contributed by atoms with van der Waals surface area (Å²) in [6.45, 7) is 7.89. The summed E-state index contributed by atoms with van der Waals surface area (Å²) in [4.78, 5) is 0. The maximum atomic E-state index is 5.65. The van der Waals surface area contributed by atoms with Crippen molar-refractivity contribution in [2.45, 2.75) is 18.9 Å². The van der Waals surface area contributed by atoms with Gasteiger partial charge in [-0.15, -0.1) is 6.58 Å². The Labute approximate surface area is 80.1 Å². The van der Waals surface area contributed by atoms with Gasteiger partial charge in [0, 0.05) is 26.3 Å². The maximum absolute atomic E-state index is 5.65. The van der Waals surface area contributed by atoms with Crippen LogP contribution in [0.1, 0.15) is 12.8 Å². The molecular weight excluding hydrogens is 166 g/mol. The minimum atomic E-state index is 0.416. The van der Waals surface area contributed by atoms with Crippen LogP contribution in [0.2, 0.25) is 0 Å². The molecule has 1 rings (SSSR count). The third-order valence-electron chi connectivity index (χ3n) is 2.09. The van der Waals surface area contributed by atoms with Crippen molar-refractivity contribution in [1.29, 1.82) is 0 Å². The van der Waals surface area contributed by atoms with Gasteiger partial charge in [0.2, 0.25) is 0 Å². The fraction of sp³-hybridized carbons (Fsp3) is 0.800. The monoisotopic (exact) mass is 185 g/mol. The third kappa shape index (κ3) is 5.03. The number of hydrogen-bond acceptors (Lipinski definition) is 3. The molecule has 0 atom stereocenters. The lowest BCUT2D eigenvalue weighted by atomic mass is 10.2. The number of hydrogen-bond donors (Lipinski definition) is 1. The summed E-state index contributed by atoms with van der Waals surface area (Å²) in [5.41, 5.74) is 0. The Bertz CT molecular complexity index is 133. The Kier molecular flexibility index (Phi) is 5.81. The minimum absolute atomic E-state index is 0.416. The second-order valence-electron chi connectivity index (χ2n) is 3.18. The SMILES string of the molecule is C=CCNCCOC1CCOCC1. The summed E-state index contributed by atoms with van der Waals surface area (Å²) in [6.07, 6.45) is 4.36. The van der Waals surface area contributed by atoms with Gasteiger partial charge in [-0.05, 0) is 12.8 Å². The highest BCUT2D eigenvalue weighted by atomic mass is 16.5. The van der Waals surface area contributed by atoms with Crippen LogP contribution in [0.5, 0.6) is 0 Å². The molecule has 0 aliphatic carbocycles. The Morgan fingerprint density at radius 1 is 1.46 bits per heavy atom. The highest BCUT2D eigenvalue weighted by Gasteiger charge is 2.12. The molecule has 0 unspecified atom stereocenters. The molecule has 0 amide bonds. The second-order valence-corrected chi connectivity index (χ2v) is 3.18. The van der Waals surface area contributed by atoms with Crippen LogP contribution in [-0.4, -0.2) is 39.0 Å². The molecule has 13 heavy (non-hydrogen) atoms. The standard InChI is InChI=1S/C10H19NO2/c1-2-5-11-6-9-13-10-3-7-12-8-4-10/h2,10-11H,1,3-9H2. The average molecular weight is 185 g/mol. The van der Waals surface area contributed by atoms with Gasteiger partial charge in [-0.1, -0.05) is 6.08 Å². The van der Waals surface area contributed by atoms with Crippen molar-refractivity contribution in [3.63, 3.8) is 0 Å². The summed E-state index contributed by atoms with van der Waals surface area (Å²) in [5.74, 6) is 0. The van der Waals surface area contributed by atoms with E-state index in [9.17, 15) is 0 Å². The van der Waals surface area contributed by atoms with Gasteiger partial charge in [0.05, 0.1) is 12.7 Å². The molecule has 0 radical (unpaired) electrons. The topological polar surface area (TPSA) is 30.5 Å². The van der Waals surface area contributed by atoms with Crippen LogP contribution in [0.3, 0.4) is 0 Å². The van der Waals surface area contributed by atoms with E-state index in [0.717, 1.165) is 45.8 Å². The van der Waals surface area contributed by atoms with Crippen LogP contribution < -0.4 is 5.32 Å². The molecule has 0 aromatic rings. The van der Waals surface area contributed by atoms with E-state index < -0.39 is 0 Å². The smallest absolute Gasteiger partial charge is 0.0619 e. The molecule has 0 aromatic carbocycles. The van der Waals surface area contributed by atoms with Gasteiger partial charge in [0.25, 0.3) is 0 Å². The van der Waals surface area contributed by atoms with Crippen LogP contribution in [0.25, 0.3) is 0 Å². The average Bonchev–Trinajstić information content (AvgIpc) is 2.19. The number of nitrogens with one attached hydrogen (secondary N) is 1. The minimum Gasteiger partial charge on any atom is -0.381 e. The molecule has 1 N–H and O–H groups in total. The van der Waals surface area contributed by atoms with Crippen LogP contribution in [0, 0.1) is 0 Å². The van der Waals surface area contributed by atoms with Gasteiger partial charge in [0.15, 0.2) is 0 Å². The molecule has 1 aliphatic rings. The van der Waals surface area contributed by atoms with E-state index >= 15 is 0 Å². The van der Waals surface area contributed by atoms with Gasteiger partial charge >= 0.3 is 0 Å². The first kappa shape index (κ1) is 10.7. The predicted molar refractivity (Wildman–Crippen MR) is 52.9 cm³/mol. The van der Waals surface area contributed by atoms with Crippen LogP contribution in [0.4, 0.5) is 0 Å². The lowest BCUT2D eigenvalue weighted by molar-refractivity contribution is -0.0303. The first-order chi connectivity index (χ1) is 6.43. The first-order valence-corrected chi connectivity index (χ1v) is 4.94. The lowest BCUT2D eigenvalue weighted by Crippen LogP contribution is -2.27. The third-order valence-corrected chi connectivity index (χ3v) is 2.09. The molecule has 1 heterocycles. The highest BCUT2D eigenvalue weighted by Crippen LogP contribution is 2.09. The van der Waals surface area contributed by atoms with Gasteiger partial charge < -0.3 is 14.8 Å². The molecule has 1 fully saturated rings. The second kappa shape index (κ2) is 7.06. The zero-order chi connectivity index (χ0) is 9.36. The molecule has 0 saturated carbocycles. The summed E-state index contributed by atoms with van der Waals surface area (Å²) in [7, 11) is 0. The van der Waals surface area contributed by atoms with Gasteiger partial charge in [-0.2, -0.15) is 0 Å². The van der Waals surface area contributed by atoms with Crippen molar-refractivity contribution in [3.05, 3.63) is 12.7 Å². The van der Waals surface area contributed by atoms with Crippen molar-refractivity contribution in [2.24, 2.45) is 0 Å². The fourth-order valence-corrected chi connectivity index (χ4v) is 1.34. The Balaban J connectivity index is 1.89. The molecular formula is C10H19NO2. The molecule has 1 saturated heterocycles. The summed E-state index contributed by atoms with van der Waals surface area (Å²) in [6, 6.07) is 0. The fourth-order valence-electron chi connectivity index (χ4n) is 1.34. The largest absolute Gasteiger partial charge is 0.381 e. The number of rotatable bonds is 6. The van der Waals surface area contributed by atoms with Gasteiger partial charge in [0.1, 0.15) is 0 Å². The van der Waals surface area contributed by atoms with Gasteiger partial charge in [-0.25, -0.2) is 0 Å². The van der Waals surface area contributed by atoms with E-state index in [-0.39, 0.29) is 0 Å². The molecule has 0 bridgehead atoms. The van der Waals surface area contributed by atoms with Crippen molar-refractivity contribution in [2.75, 3.05) is 32.9 Å². The van der Waals surface area contributed by atoms with E-state index in [1.165, 1.54) is 0 Å². The first-order valence-electron chi connectivity index (χ1n) is 4.94. The summed E-state index contributed by atoms with van der Waals surface area (Å²) < 4.78 is 10.9. The van der Waals surface area contributed by atoms with E-state index in [1.807, 2.05) is 6.08 Å². The van der Waals surface area contributed by atoms with Gasteiger partial charge in [-0.3, -0.25) is 0 Å². The van der Waals surface area contributed by atoms with E-state index in [1.54, 1.807) is 0 Å². The molecule has 1 aliphatic heterocycles.